The number of nitrogens with one attached hydrogen (secondary N) is 1. The van der Waals surface area contributed by atoms with Crippen molar-refractivity contribution in [3.63, 3.8) is 0 Å². The van der Waals surface area contributed by atoms with E-state index in [-0.39, 0.29) is 28.7 Å². The topological polar surface area (TPSA) is 89.0 Å². The molecule has 2 rings (SSSR count). The van der Waals surface area contributed by atoms with Crippen LogP contribution in [0.25, 0.3) is 0 Å². The molecule has 6 nitrogen and oxygen atoms in total. The summed E-state index contributed by atoms with van der Waals surface area (Å²) in [6.07, 6.45) is 1.58. The van der Waals surface area contributed by atoms with Crippen LogP contribution >= 0.6 is 34.9 Å². The Morgan fingerprint density at radius 3 is 2.82 bits per heavy atom. The second-order valence-corrected chi connectivity index (χ2v) is 11.2. The Hall–Kier alpha value is -0.320. The molecule has 2 heterocycles. The van der Waals surface area contributed by atoms with E-state index in [9.17, 15) is 13.2 Å². The standard InChI is InChI=1S/C12H19N3O3S4/c1-3-5-19-11-14-15-12(21-11)20-8(2)10(16)13-9-4-6-22(17,18)7-9/h8-9H,3-7H2,1-2H3,(H,13,16)/t8-,9+/m0/s1. The van der Waals surface area contributed by atoms with Gasteiger partial charge in [0, 0.05) is 11.8 Å². The third kappa shape index (κ3) is 5.39. The summed E-state index contributed by atoms with van der Waals surface area (Å²) in [5, 5.41) is 10.7. The summed E-state index contributed by atoms with van der Waals surface area (Å²) in [5.41, 5.74) is 0. The van der Waals surface area contributed by atoms with Gasteiger partial charge < -0.3 is 5.32 Å². The van der Waals surface area contributed by atoms with Crippen molar-refractivity contribution in [3.8, 4) is 0 Å². The van der Waals surface area contributed by atoms with Crippen molar-refractivity contribution in [2.75, 3.05) is 17.3 Å². The highest BCUT2D eigenvalue weighted by molar-refractivity contribution is 8.03. The maximum Gasteiger partial charge on any atom is 0.233 e. The monoisotopic (exact) mass is 381 g/mol. The second kappa shape index (κ2) is 7.98. The first-order valence-electron chi connectivity index (χ1n) is 7.03. The van der Waals surface area contributed by atoms with Gasteiger partial charge in [0.05, 0.1) is 16.8 Å². The zero-order valence-corrected chi connectivity index (χ0v) is 15.7. The second-order valence-electron chi connectivity index (χ2n) is 5.05. The number of aromatic nitrogens is 2. The number of thioether (sulfide) groups is 2. The molecule has 1 aliphatic rings. The summed E-state index contributed by atoms with van der Waals surface area (Å²) in [5.74, 6) is 1.07. The van der Waals surface area contributed by atoms with Crippen molar-refractivity contribution in [2.45, 2.75) is 46.7 Å². The maximum absolute atomic E-state index is 12.1. The molecule has 22 heavy (non-hydrogen) atoms. The predicted molar refractivity (Wildman–Crippen MR) is 91.4 cm³/mol. The van der Waals surface area contributed by atoms with Gasteiger partial charge in [0.1, 0.15) is 0 Å². The lowest BCUT2D eigenvalue weighted by Gasteiger charge is -2.14. The van der Waals surface area contributed by atoms with Gasteiger partial charge in [0.25, 0.3) is 0 Å². The molecule has 0 bridgehead atoms. The van der Waals surface area contributed by atoms with Crippen molar-refractivity contribution >= 4 is 50.6 Å². The Balaban J connectivity index is 1.82. The molecule has 1 aliphatic heterocycles. The predicted octanol–water partition coefficient (Wildman–Crippen LogP) is 1.82. The van der Waals surface area contributed by atoms with E-state index in [0.717, 1.165) is 20.9 Å². The zero-order chi connectivity index (χ0) is 16.2. The molecule has 124 valence electrons. The number of rotatable bonds is 7. The quantitative estimate of drug-likeness (QED) is 0.721. The summed E-state index contributed by atoms with van der Waals surface area (Å²) in [4.78, 5) is 12.1. The zero-order valence-electron chi connectivity index (χ0n) is 12.4. The van der Waals surface area contributed by atoms with Crippen molar-refractivity contribution in [1.82, 2.24) is 15.5 Å². The van der Waals surface area contributed by atoms with Crippen LogP contribution in [-0.2, 0) is 14.6 Å². The van der Waals surface area contributed by atoms with E-state index in [1.54, 1.807) is 18.7 Å². The minimum Gasteiger partial charge on any atom is -0.351 e. The summed E-state index contributed by atoms with van der Waals surface area (Å²) >= 11 is 4.52. The number of carbonyl (C=O) groups excluding carboxylic acids is 1. The van der Waals surface area contributed by atoms with Gasteiger partial charge >= 0.3 is 0 Å². The van der Waals surface area contributed by atoms with E-state index in [0.29, 0.717) is 6.42 Å². The van der Waals surface area contributed by atoms with Crippen molar-refractivity contribution in [3.05, 3.63) is 0 Å². The van der Waals surface area contributed by atoms with Gasteiger partial charge in [-0.3, -0.25) is 4.79 Å². The van der Waals surface area contributed by atoms with Gasteiger partial charge in [-0.05, 0) is 19.8 Å². The van der Waals surface area contributed by atoms with Crippen molar-refractivity contribution in [2.24, 2.45) is 0 Å². The van der Waals surface area contributed by atoms with Crippen LogP contribution < -0.4 is 5.32 Å². The highest BCUT2D eigenvalue weighted by Gasteiger charge is 2.30. The fourth-order valence-corrected chi connectivity index (χ4v) is 6.70. The van der Waals surface area contributed by atoms with Gasteiger partial charge in [0.15, 0.2) is 18.5 Å². The Morgan fingerprint density at radius 2 is 2.18 bits per heavy atom. The van der Waals surface area contributed by atoms with E-state index in [1.807, 2.05) is 0 Å². The Bertz CT molecular complexity index is 617. The van der Waals surface area contributed by atoms with Gasteiger partial charge in [-0.25, -0.2) is 8.42 Å². The third-order valence-corrected chi connectivity index (χ3v) is 8.26. The summed E-state index contributed by atoms with van der Waals surface area (Å²) in [7, 11) is -2.98. The minimum absolute atomic E-state index is 0.0484. The van der Waals surface area contributed by atoms with Crippen LogP contribution in [0.5, 0.6) is 0 Å². The largest absolute Gasteiger partial charge is 0.351 e. The molecular weight excluding hydrogens is 362 g/mol. The lowest BCUT2D eigenvalue weighted by Crippen LogP contribution is -2.39. The normalized spacial score (nSPS) is 21.6. The van der Waals surface area contributed by atoms with E-state index in [2.05, 4.69) is 22.4 Å². The van der Waals surface area contributed by atoms with Crippen molar-refractivity contribution in [1.29, 1.82) is 0 Å². The average Bonchev–Trinajstić information content (AvgIpc) is 3.03. The highest BCUT2D eigenvalue weighted by Crippen LogP contribution is 2.31. The van der Waals surface area contributed by atoms with Crippen LogP contribution in [0, 0.1) is 0 Å². The average molecular weight is 382 g/mol. The van der Waals surface area contributed by atoms with Crippen LogP contribution in [0.3, 0.4) is 0 Å². The van der Waals surface area contributed by atoms with Crippen molar-refractivity contribution < 1.29 is 13.2 Å². The molecule has 10 heteroatoms. The fraction of sp³-hybridized carbons (Fsp3) is 0.750. The van der Waals surface area contributed by atoms with Crippen LogP contribution in [0.1, 0.15) is 26.7 Å². The molecule has 1 aromatic heterocycles. The minimum atomic E-state index is -2.98. The molecule has 1 saturated heterocycles. The molecule has 1 fully saturated rings. The van der Waals surface area contributed by atoms with Crippen LogP contribution in [0.2, 0.25) is 0 Å². The van der Waals surface area contributed by atoms with Crippen LogP contribution in [0.15, 0.2) is 8.68 Å². The number of carbonyl (C=O) groups is 1. The van der Waals surface area contributed by atoms with E-state index in [4.69, 9.17) is 0 Å². The highest BCUT2D eigenvalue weighted by atomic mass is 32.2. The molecule has 0 saturated carbocycles. The smallest absolute Gasteiger partial charge is 0.233 e. The molecular formula is C12H19N3O3S4. The Labute approximate surface area is 143 Å². The van der Waals surface area contributed by atoms with Gasteiger partial charge in [0.2, 0.25) is 5.91 Å². The molecule has 1 N–H and O–H groups in total. The molecule has 0 aromatic carbocycles. The van der Waals surface area contributed by atoms with Crippen LogP contribution in [0.4, 0.5) is 0 Å². The SMILES string of the molecule is CCCSc1nnc(S[C@@H](C)C(=O)N[C@@H]2CCS(=O)(=O)C2)s1. The molecule has 0 unspecified atom stereocenters. The lowest BCUT2D eigenvalue weighted by atomic mass is 10.2. The summed E-state index contributed by atoms with van der Waals surface area (Å²) in [6.45, 7) is 3.91. The van der Waals surface area contributed by atoms with Gasteiger partial charge in [-0.1, -0.05) is 41.8 Å². The molecule has 2 atom stereocenters. The molecule has 1 aromatic rings. The molecule has 0 aliphatic carbocycles. The van der Waals surface area contributed by atoms with Gasteiger partial charge in [-0.15, -0.1) is 10.2 Å². The molecule has 0 radical (unpaired) electrons. The molecule has 0 spiro atoms. The van der Waals surface area contributed by atoms with Crippen LogP contribution in [-0.4, -0.2) is 53.1 Å². The fourth-order valence-electron chi connectivity index (χ4n) is 1.92. The number of hydrogen-bond donors (Lipinski definition) is 1. The summed E-state index contributed by atoms with van der Waals surface area (Å²) in [6, 6.07) is -0.259. The number of nitrogens with zero attached hydrogens (tertiary/aromatic N) is 2. The van der Waals surface area contributed by atoms with Gasteiger partial charge in [-0.2, -0.15) is 0 Å². The number of hydrogen-bond acceptors (Lipinski definition) is 8. The Kier molecular flexibility index (Phi) is 6.54. The Morgan fingerprint density at radius 1 is 1.45 bits per heavy atom. The first-order valence-corrected chi connectivity index (χ1v) is 11.5. The van der Waals surface area contributed by atoms with E-state index >= 15 is 0 Å². The summed E-state index contributed by atoms with van der Waals surface area (Å²) < 4.78 is 24.5. The third-order valence-electron chi connectivity index (χ3n) is 3.04. The first kappa shape index (κ1) is 18.0. The molecule has 1 amide bonds. The van der Waals surface area contributed by atoms with E-state index < -0.39 is 9.84 Å². The number of sulfone groups is 1. The lowest BCUT2D eigenvalue weighted by molar-refractivity contribution is -0.120. The first-order chi connectivity index (χ1) is 10.4. The number of amides is 1. The van der Waals surface area contributed by atoms with E-state index in [1.165, 1.54) is 23.1 Å². The maximum atomic E-state index is 12.1.